The molecule has 1 aromatic rings. The summed E-state index contributed by atoms with van der Waals surface area (Å²) >= 11 is 0. The number of carboxylic acid groups (broad SMARTS) is 1. The Morgan fingerprint density at radius 2 is 2.22 bits per heavy atom. The van der Waals surface area contributed by atoms with Gasteiger partial charge in [-0.1, -0.05) is 26.2 Å². The molecule has 0 saturated heterocycles. The van der Waals surface area contributed by atoms with E-state index in [0.717, 1.165) is 31.5 Å². The molecule has 1 aliphatic carbocycles. The SMILES string of the molecule is CCCC(CC(=O)O)n1nnnc1C1CCCC1. The third-order valence-electron chi connectivity index (χ3n) is 3.62. The predicted octanol–water partition coefficient (Wildman–Crippen LogP) is 2.15. The first-order chi connectivity index (χ1) is 8.72. The van der Waals surface area contributed by atoms with Crippen LogP contribution in [-0.2, 0) is 4.79 Å². The molecule has 1 aromatic heterocycles. The summed E-state index contributed by atoms with van der Waals surface area (Å²) in [6, 6.07) is -0.113. The van der Waals surface area contributed by atoms with Crippen LogP contribution in [0.4, 0.5) is 0 Å². The predicted molar refractivity (Wildman–Crippen MR) is 65.2 cm³/mol. The van der Waals surface area contributed by atoms with Crippen LogP contribution in [0.2, 0.25) is 0 Å². The first-order valence-electron chi connectivity index (χ1n) is 6.72. The van der Waals surface area contributed by atoms with Gasteiger partial charge in [0.25, 0.3) is 0 Å². The van der Waals surface area contributed by atoms with Crippen molar-refractivity contribution < 1.29 is 9.90 Å². The summed E-state index contributed by atoms with van der Waals surface area (Å²) in [6.45, 7) is 2.05. The molecule has 2 rings (SSSR count). The van der Waals surface area contributed by atoms with Crippen LogP contribution >= 0.6 is 0 Å². The van der Waals surface area contributed by atoms with E-state index in [4.69, 9.17) is 5.11 Å². The fourth-order valence-corrected chi connectivity index (χ4v) is 2.76. The monoisotopic (exact) mass is 252 g/mol. The lowest BCUT2D eigenvalue weighted by Gasteiger charge is -2.17. The van der Waals surface area contributed by atoms with Crippen molar-refractivity contribution in [3.8, 4) is 0 Å². The van der Waals surface area contributed by atoms with Crippen molar-refractivity contribution in [2.75, 3.05) is 0 Å². The summed E-state index contributed by atoms with van der Waals surface area (Å²) in [5.74, 6) is 0.502. The van der Waals surface area contributed by atoms with Crippen LogP contribution in [-0.4, -0.2) is 31.3 Å². The molecule has 0 radical (unpaired) electrons. The van der Waals surface area contributed by atoms with Crippen LogP contribution < -0.4 is 0 Å². The molecule has 1 aliphatic rings. The highest BCUT2D eigenvalue weighted by Gasteiger charge is 2.27. The van der Waals surface area contributed by atoms with E-state index >= 15 is 0 Å². The van der Waals surface area contributed by atoms with Gasteiger partial charge < -0.3 is 5.11 Å². The standard InChI is InChI=1S/C12H20N4O2/c1-2-5-10(8-11(17)18)16-12(13-14-15-16)9-6-3-4-7-9/h9-10H,2-8H2,1H3,(H,17,18). The van der Waals surface area contributed by atoms with E-state index in [-0.39, 0.29) is 12.5 Å². The molecule has 0 bridgehead atoms. The number of aliphatic carboxylic acids is 1. The summed E-state index contributed by atoms with van der Waals surface area (Å²) in [5.41, 5.74) is 0. The van der Waals surface area contributed by atoms with Gasteiger partial charge in [-0.05, 0) is 29.7 Å². The number of tetrazole rings is 1. The number of hydrogen-bond donors (Lipinski definition) is 1. The molecule has 1 saturated carbocycles. The fourth-order valence-electron chi connectivity index (χ4n) is 2.76. The van der Waals surface area contributed by atoms with Crippen LogP contribution in [0.3, 0.4) is 0 Å². The second kappa shape index (κ2) is 5.93. The van der Waals surface area contributed by atoms with E-state index in [9.17, 15) is 4.79 Å². The van der Waals surface area contributed by atoms with E-state index < -0.39 is 5.97 Å². The van der Waals surface area contributed by atoms with Crippen LogP contribution in [0.5, 0.6) is 0 Å². The normalized spacial score (nSPS) is 18.1. The smallest absolute Gasteiger partial charge is 0.305 e. The van der Waals surface area contributed by atoms with Gasteiger partial charge in [0.05, 0.1) is 12.5 Å². The lowest BCUT2D eigenvalue weighted by molar-refractivity contribution is -0.138. The lowest BCUT2D eigenvalue weighted by atomic mass is 10.0. The number of carbonyl (C=O) groups is 1. The average Bonchev–Trinajstić information content (AvgIpc) is 2.98. The summed E-state index contributed by atoms with van der Waals surface area (Å²) in [5, 5.41) is 20.9. The Morgan fingerprint density at radius 1 is 1.50 bits per heavy atom. The van der Waals surface area contributed by atoms with Crippen LogP contribution in [0.15, 0.2) is 0 Å². The Hall–Kier alpha value is -1.46. The molecule has 6 nitrogen and oxygen atoms in total. The van der Waals surface area contributed by atoms with Crippen molar-refractivity contribution in [2.45, 2.75) is 63.8 Å². The molecule has 1 fully saturated rings. The number of rotatable bonds is 6. The molecule has 0 aromatic carbocycles. The fraction of sp³-hybridized carbons (Fsp3) is 0.833. The zero-order valence-corrected chi connectivity index (χ0v) is 10.7. The quantitative estimate of drug-likeness (QED) is 0.839. The van der Waals surface area contributed by atoms with E-state index in [1.807, 2.05) is 0 Å². The van der Waals surface area contributed by atoms with Gasteiger partial charge in [0.2, 0.25) is 0 Å². The maximum atomic E-state index is 10.9. The van der Waals surface area contributed by atoms with Gasteiger partial charge in [-0.15, -0.1) is 5.10 Å². The topological polar surface area (TPSA) is 80.9 Å². The van der Waals surface area contributed by atoms with Crippen molar-refractivity contribution in [1.82, 2.24) is 20.2 Å². The van der Waals surface area contributed by atoms with E-state index in [1.165, 1.54) is 12.8 Å². The van der Waals surface area contributed by atoms with Crippen molar-refractivity contribution in [1.29, 1.82) is 0 Å². The molecule has 18 heavy (non-hydrogen) atoms. The summed E-state index contributed by atoms with van der Waals surface area (Å²) in [7, 11) is 0. The Kier molecular flexibility index (Phi) is 4.28. The van der Waals surface area contributed by atoms with Crippen LogP contribution in [0, 0.1) is 0 Å². The van der Waals surface area contributed by atoms with Gasteiger partial charge in [-0.2, -0.15) is 0 Å². The molecule has 1 heterocycles. The van der Waals surface area contributed by atoms with E-state index in [0.29, 0.717) is 5.92 Å². The first-order valence-corrected chi connectivity index (χ1v) is 6.72. The van der Waals surface area contributed by atoms with Crippen LogP contribution in [0.1, 0.15) is 69.7 Å². The van der Waals surface area contributed by atoms with Gasteiger partial charge >= 0.3 is 5.97 Å². The number of nitrogens with zero attached hydrogens (tertiary/aromatic N) is 4. The summed E-state index contributed by atoms with van der Waals surface area (Å²) < 4.78 is 1.76. The van der Waals surface area contributed by atoms with Crippen molar-refractivity contribution in [3.63, 3.8) is 0 Å². The molecule has 0 aliphatic heterocycles. The van der Waals surface area contributed by atoms with Crippen molar-refractivity contribution in [3.05, 3.63) is 5.82 Å². The Balaban J connectivity index is 2.18. The summed E-state index contributed by atoms with van der Waals surface area (Å²) in [4.78, 5) is 10.9. The van der Waals surface area contributed by atoms with Gasteiger partial charge in [-0.3, -0.25) is 4.79 Å². The zero-order chi connectivity index (χ0) is 13.0. The van der Waals surface area contributed by atoms with Crippen molar-refractivity contribution in [2.24, 2.45) is 0 Å². The largest absolute Gasteiger partial charge is 0.481 e. The van der Waals surface area contributed by atoms with Gasteiger partial charge in [-0.25, -0.2) is 4.68 Å². The molecular weight excluding hydrogens is 232 g/mol. The molecule has 1 N–H and O–H groups in total. The van der Waals surface area contributed by atoms with Crippen LogP contribution in [0.25, 0.3) is 0 Å². The molecule has 0 spiro atoms. The van der Waals surface area contributed by atoms with Gasteiger partial charge in [0, 0.05) is 5.92 Å². The molecule has 6 heteroatoms. The molecule has 0 amide bonds. The molecular formula is C12H20N4O2. The second-order valence-corrected chi connectivity index (χ2v) is 5.00. The maximum absolute atomic E-state index is 10.9. The average molecular weight is 252 g/mol. The minimum atomic E-state index is -0.790. The highest BCUT2D eigenvalue weighted by molar-refractivity contribution is 5.67. The Bertz CT molecular complexity index is 399. The number of carboxylic acids is 1. The third kappa shape index (κ3) is 2.86. The third-order valence-corrected chi connectivity index (χ3v) is 3.62. The highest BCUT2D eigenvalue weighted by Crippen LogP contribution is 2.34. The first kappa shape index (κ1) is 13.0. The Morgan fingerprint density at radius 3 is 2.83 bits per heavy atom. The minimum absolute atomic E-state index is 0.0958. The van der Waals surface area contributed by atoms with E-state index in [2.05, 4.69) is 22.4 Å². The van der Waals surface area contributed by atoms with Gasteiger partial charge in [0.1, 0.15) is 0 Å². The zero-order valence-electron chi connectivity index (χ0n) is 10.7. The minimum Gasteiger partial charge on any atom is -0.481 e. The number of hydrogen-bond acceptors (Lipinski definition) is 4. The molecule has 100 valence electrons. The molecule has 1 atom stereocenters. The maximum Gasteiger partial charge on any atom is 0.305 e. The van der Waals surface area contributed by atoms with Crippen molar-refractivity contribution >= 4 is 5.97 Å². The Labute approximate surface area is 106 Å². The second-order valence-electron chi connectivity index (χ2n) is 5.00. The van der Waals surface area contributed by atoms with Gasteiger partial charge in [0.15, 0.2) is 5.82 Å². The summed E-state index contributed by atoms with van der Waals surface area (Å²) in [6.07, 6.45) is 6.50. The van der Waals surface area contributed by atoms with E-state index in [1.54, 1.807) is 4.68 Å². The number of aromatic nitrogens is 4. The lowest BCUT2D eigenvalue weighted by Crippen LogP contribution is -2.19. The molecule has 1 unspecified atom stereocenters. The highest BCUT2D eigenvalue weighted by atomic mass is 16.4.